The molecule has 29 heavy (non-hydrogen) atoms. The number of hydrogen-bond donors (Lipinski definition) is 0. The van der Waals surface area contributed by atoms with Crippen molar-refractivity contribution in [3.8, 4) is 11.5 Å². The highest BCUT2D eigenvalue weighted by Crippen LogP contribution is 2.42. The first kappa shape index (κ1) is 19.6. The van der Waals surface area contributed by atoms with Crippen LogP contribution in [0.15, 0.2) is 24.5 Å². The third-order valence-electron chi connectivity index (χ3n) is 5.95. The zero-order chi connectivity index (χ0) is 20.5. The van der Waals surface area contributed by atoms with Gasteiger partial charge in [0.25, 0.3) is 0 Å². The highest BCUT2D eigenvalue weighted by molar-refractivity contribution is 6.22. The molecule has 1 amide bonds. The minimum atomic E-state index is -0.360. The molecule has 1 aromatic rings. The molecular weight excluding hydrogens is 374 g/mol. The van der Waals surface area contributed by atoms with Crippen LogP contribution in [-0.2, 0) is 14.3 Å². The predicted octanol–water partition coefficient (Wildman–Crippen LogP) is 3.27. The molecule has 0 N–H and O–H groups in total. The lowest BCUT2D eigenvalue weighted by Gasteiger charge is -2.41. The molecule has 4 atom stereocenters. The molecule has 0 aromatic heterocycles. The number of carbonyl (C=O) groups excluding carboxylic acids is 2. The summed E-state index contributed by atoms with van der Waals surface area (Å²) in [4.78, 5) is 26.7. The first-order chi connectivity index (χ1) is 14.0. The molecule has 4 unspecified atom stereocenters. The second kappa shape index (κ2) is 7.97. The fourth-order valence-corrected chi connectivity index (χ4v) is 4.28. The molecule has 1 aromatic carbocycles. The van der Waals surface area contributed by atoms with Crippen molar-refractivity contribution in [2.75, 3.05) is 27.3 Å². The number of benzene rings is 1. The van der Waals surface area contributed by atoms with Gasteiger partial charge in [0.1, 0.15) is 25.4 Å². The number of fused-ring (bicyclic) bond motifs is 2. The van der Waals surface area contributed by atoms with Gasteiger partial charge in [-0.05, 0) is 36.5 Å². The van der Waals surface area contributed by atoms with E-state index in [2.05, 4.69) is 6.92 Å². The minimum absolute atomic E-state index is 0.0776. The normalized spacial score (nSPS) is 28.0. The van der Waals surface area contributed by atoms with Crippen molar-refractivity contribution in [3.63, 3.8) is 0 Å². The van der Waals surface area contributed by atoms with Gasteiger partial charge < -0.3 is 23.8 Å². The summed E-state index contributed by atoms with van der Waals surface area (Å²) in [6.45, 7) is 3.09. The lowest BCUT2D eigenvalue weighted by Crippen LogP contribution is -2.47. The van der Waals surface area contributed by atoms with E-state index < -0.39 is 0 Å². The summed E-state index contributed by atoms with van der Waals surface area (Å²) in [6.07, 6.45) is 2.69. The van der Waals surface area contributed by atoms with Crippen molar-refractivity contribution in [1.82, 2.24) is 4.90 Å². The molecular formula is C22H27NO6. The van der Waals surface area contributed by atoms with E-state index in [4.69, 9.17) is 18.9 Å². The van der Waals surface area contributed by atoms with E-state index in [9.17, 15) is 9.59 Å². The SMILES string of the molecule is CCC1CC2C(=O)C(c3ccc4c(c3)OCCO4)=COC2CC1OC(=O)N(C)C. The van der Waals surface area contributed by atoms with Crippen LogP contribution < -0.4 is 9.47 Å². The summed E-state index contributed by atoms with van der Waals surface area (Å²) >= 11 is 0. The highest BCUT2D eigenvalue weighted by Gasteiger charge is 2.45. The fourth-order valence-electron chi connectivity index (χ4n) is 4.28. The first-order valence-electron chi connectivity index (χ1n) is 10.2. The van der Waals surface area contributed by atoms with Crippen LogP contribution in [0.25, 0.3) is 5.57 Å². The Kier molecular flexibility index (Phi) is 5.39. The van der Waals surface area contributed by atoms with Gasteiger partial charge in [0.05, 0.1) is 17.8 Å². The maximum Gasteiger partial charge on any atom is 0.409 e. The summed E-state index contributed by atoms with van der Waals surface area (Å²) in [7, 11) is 3.33. The van der Waals surface area contributed by atoms with Gasteiger partial charge in [0, 0.05) is 20.5 Å². The van der Waals surface area contributed by atoms with E-state index in [-0.39, 0.29) is 35.9 Å². The molecule has 2 heterocycles. The molecule has 0 bridgehead atoms. The fraction of sp³-hybridized carbons (Fsp3) is 0.545. The largest absolute Gasteiger partial charge is 0.496 e. The van der Waals surface area contributed by atoms with Crippen molar-refractivity contribution < 1.29 is 28.5 Å². The van der Waals surface area contributed by atoms with Crippen LogP contribution in [0, 0.1) is 11.8 Å². The molecule has 2 aliphatic heterocycles. The van der Waals surface area contributed by atoms with Gasteiger partial charge in [0.15, 0.2) is 17.3 Å². The standard InChI is InChI=1S/C22H27NO6/c1-4-13-9-15-19(11-18(13)29-22(25)23(2)3)28-12-16(21(15)24)14-5-6-17-20(10-14)27-8-7-26-17/h5-6,10,12-13,15,18-19H,4,7-9,11H2,1-3H3. The zero-order valence-corrected chi connectivity index (χ0v) is 17.1. The lowest BCUT2D eigenvalue weighted by atomic mass is 9.72. The number of allylic oxidation sites excluding steroid dienone is 1. The molecule has 0 spiro atoms. The highest BCUT2D eigenvalue weighted by atomic mass is 16.6. The van der Waals surface area contributed by atoms with E-state index in [0.717, 1.165) is 12.0 Å². The van der Waals surface area contributed by atoms with Crippen molar-refractivity contribution in [1.29, 1.82) is 0 Å². The van der Waals surface area contributed by atoms with Crippen LogP contribution in [-0.4, -0.2) is 56.3 Å². The molecule has 1 saturated carbocycles. The average Bonchev–Trinajstić information content (AvgIpc) is 2.73. The molecule has 0 saturated heterocycles. The number of carbonyl (C=O) groups is 2. The molecule has 156 valence electrons. The Labute approximate surface area is 170 Å². The van der Waals surface area contributed by atoms with E-state index in [1.165, 1.54) is 4.90 Å². The van der Waals surface area contributed by atoms with Gasteiger partial charge in [-0.25, -0.2) is 4.79 Å². The van der Waals surface area contributed by atoms with E-state index in [1.807, 2.05) is 18.2 Å². The summed E-state index contributed by atoms with van der Waals surface area (Å²) in [6, 6.07) is 5.53. The number of rotatable bonds is 3. The molecule has 1 aliphatic carbocycles. The van der Waals surface area contributed by atoms with Gasteiger partial charge in [-0.1, -0.05) is 13.0 Å². The van der Waals surface area contributed by atoms with E-state index >= 15 is 0 Å². The Morgan fingerprint density at radius 1 is 1.17 bits per heavy atom. The van der Waals surface area contributed by atoms with Gasteiger partial charge in [-0.2, -0.15) is 0 Å². The number of ketones is 1. The topological polar surface area (TPSA) is 74.3 Å². The molecule has 4 rings (SSSR count). The number of hydrogen-bond acceptors (Lipinski definition) is 6. The number of ether oxygens (including phenoxy) is 4. The van der Waals surface area contributed by atoms with Crippen LogP contribution in [0.3, 0.4) is 0 Å². The van der Waals surface area contributed by atoms with Crippen molar-refractivity contribution in [2.45, 2.75) is 38.4 Å². The molecule has 3 aliphatic rings. The third kappa shape index (κ3) is 3.78. The Morgan fingerprint density at radius 2 is 1.93 bits per heavy atom. The zero-order valence-electron chi connectivity index (χ0n) is 17.1. The lowest BCUT2D eigenvalue weighted by molar-refractivity contribution is -0.129. The van der Waals surface area contributed by atoms with Crippen LogP contribution in [0.4, 0.5) is 4.79 Å². The molecule has 1 fully saturated rings. The maximum atomic E-state index is 13.3. The smallest absolute Gasteiger partial charge is 0.409 e. The van der Waals surface area contributed by atoms with Gasteiger partial charge >= 0.3 is 6.09 Å². The average molecular weight is 401 g/mol. The predicted molar refractivity (Wildman–Crippen MR) is 106 cm³/mol. The number of nitrogens with zero attached hydrogens (tertiary/aromatic N) is 1. The molecule has 7 nitrogen and oxygen atoms in total. The Balaban J connectivity index is 1.54. The third-order valence-corrected chi connectivity index (χ3v) is 5.95. The van der Waals surface area contributed by atoms with Crippen LogP contribution in [0.5, 0.6) is 11.5 Å². The van der Waals surface area contributed by atoms with Gasteiger partial charge in [0.2, 0.25) is 0 Å². The van der Waals surface area contributed by atoms with Gasteiger partial charge in [-0.15, -0.1) is 0 Å². The first-order valence-corrected chi connectivity index (χ1v) is 10.2. The van der Waals surface area contributed by atoms with E-state index in [1.54, 1.807) is 20.4 Å². The summed E-state index contributed by atoms with van der Waals surface area (Å²) in [5, 5.41) is 0. The minimum Gasteiger partial charge on any atom is -0.496 e. The van der Waals surface area contributed by atoms with E-state index in [0.29, 0.717) is 43.1 Å². The monoisotopic (exact) mass is 401 g/mol. The van der Waals surface area contributed by atoms with Gasteiger partial charge in [-0.3, -0.25) is 4.79 Å². The number of Topliss-reactive ketones (excluding diaryl/α,β-unsaturated/α-hetero) is 1. The maximum absolute atomic E-state index is 13.3. The molecule has 7 heteroatoms. The van der Waals surface area contributed by atoms with Crippen molar-refractivity contribution >= 4 is 17.4 Å². The summed E-state index contributed by atoms with van der Waals surface area (Å²) in [5.41, 5.74) is 1.33. The number of amides is 1. The Morgan fingerprint density at radius 3 is 2.66 bits per heavy atom. The van der Waals surface area contributed by atoms with Crippen LogP contribution >= 0.6 is 0 Å². The molecule has 0 radical (unpaired) electrons. The second-order valence-electron chi connectivity index (χ2n) is 7.99. The summed E-state index contributed by atoms with van der Waals surface area (Å²) in [5.74, 6) is 1.32. The quantitative estimate of drug-likeness (QED) is 0.774. The Hall–Kier alpha value is -2.70. The second-order valence-corrected chi connectivity index (χ2v) is 7.99. The van der Waals surface area contributed by atoms with Crippen molar-refractivity contribution in [3.05, 3.63) is 30.0 Å². The van der Waals surface area contributed by atoms with Crippen LogP contribution in [0.2, 0.25) is 0 Å². The van der Waals surface area contributed by atoms with Crippen LogP contribution in [0.1, 0.15) is 31.7 Å². The van der Waals surface area contributed by atoms with Crippen molar-refractivity contribution in [2.24, 2.45) is 11.8 Å². The summed E-state index contributed by atoms with van der Waals surface area (Å²) < 4.78 is 22.8. The Bertz CT molecular complexity index is 833.